The Kier molecular flexibility index (Phi) is 4.31. The van der Waals surface area contributed by atoms with E-state index in [9.17, 15) is 4.79 Å². The van der Waals surface area contributed by atoms with Crippen molar-refractivity contribution in [1.82, 2.24) is 0 Å². The molecule has 0 saturated carbocycles. The molecular weight excluding hydrogens is 246 g/mol. The lowest BCUT2D eigenvalue weighted by Crippen LogP contribution is -2.24. The molecule has 1 aromatic carbocycles. The van der Waals surface area contributed by atoms with Crippen molar-refractivity contribution in [3.05, 3.63) is 40.9 Å². The van der Waals surface area contributed by atoms with Crippen LogP contribution in [0.5, 0.6) is 0 Å². The number of thioether (sulfide) groups is 1. The molecule has 18 heavy (non-hydrogen) atoms. The zero-order chi connectivity index (χ0) is 13.0. The molecular formula is C14H17NO2S. The van der Waals surface area contributed by atoms with E-state index in [1.54, 1.807) is 11.8 Å². The highest BCUT2D eigenvalue weighted by molar-refractivity contribution is 8.02. The second-order valence-electron chi connectivity index (χ2n) is 3.97. The van der Waals surface area contributed by atoms with Crippen LogP contribution in [0.25, 0.3) is 0 Å². The van der Waals surface area contributed by atoms with Crippen molar-refractivity contribution in [3.63, 3.8) is 0 Å². The molecule has 0 saturated heterocycles. The highest BCUT2D eigenvalue weighted by Crippen LogP contribution is 2.30. The number of esters is 1. The predicted octanol–water partition coefficient (Wildman–Crippen LogP) is 3.16. The summed E-state index contributed by atoms with van der Waals surface area (Å²) in [7, 11) is 0. The van der Waals surface area contributed by atoms with E-state index in [0.717, 1.165) is 18.0 Å². The first-order valence-electron chi connectivity index (χ1n) is 6.11. The van der Waals surface area contributed by atoms with E-state index in [1.165, 1.54) is 5.56 Å². The molecule has 3 nitrogen and oxygen atoms in total. The Bertz CT molecular complexity index is 453. The molecule has 0 aliphatic carbocycles. The molecule has 0 fully saturated rings. The van der Waals surface area contributed by atoms with Crippen molar-refractivity contribution in [2.45, 2.75) is 20.3 Å². The van der Waals surface area contributed by atoms with Crippen LogP contribution in [0.1, 0.15) is 19.4 Å². The van der Waals surface area contributed by atoms with E-state index < -0.39 is 0 Å². The number of hydrogen-bond acceptors (Lipinski definition) is 4. The Balaban J connectivity index is 2.16. The lowest BCUT2D eigenvalue weighted by atomic mass is 10.1. The van der Waals surface area contributed by atoms with Gasteiger partial charge in [-0.25, -0.2) is 4.79 Å². The fourth-order valence-corrected chi connectivity index (χ4v) is 2.71. The third-order valence-electron chi connectivity index (χ3n) is 2.83. The van der Waals surface area contributed by atoms with Gasteiger partial charge in [0.25, 0.3) is 0 Å². The Labute approximate surface area is 112 Å². The number of ether oxygens (including phenoxy) is 1. The summed E-state index contributed by atoms with van der Waals surface area (Å²) in [4.78, 5) is 13.8. The molecule has 0 bridgehead atoms. The minimum absolute atomic E-state index is 0.248. The first-order chi connectivity index (χ1) is 8.76. The Morgan fingerprint density at radius 3 is 2.67 bits per heavy atom. The van der Waals surface area contributed by atoms with Crippen LogP contribution in [-0.4, -0.2) is 18.5 Å². The van der Waals surface area contributed by atoms with Crippen LogP contribution < -0.4 is 4.90 Å². The average Bonchev–Trinajstić information content (AvgIpc) is 2.88. The maximum Gasteiger partial charge on any atom is 0.355 e. The molecule has 1 aromatic rings. The second kappa shape index (κ2) is 5.96. The molecule has 2 rings (SSSR count). The lowest BCUT2D eigenvalue weighted by Gasteiger charge is -2.20. The lowest BCUT2D eigenvalue weighted by molar-refractivity contribution is -0.138. The standard InChI is InChI=1S/C14H17NO2S/c1-3-11-5-7-12(8-6-11)15-10-18-9-13(15)14(16)17-4-2/h5-9H,3-4,10H2,1-2H3. The molecule has 0 aromatic heterocycles. The van der Waals surface area contributed by atoms with Crippen LogP contribution in [0.3, 0.4) is 0 Å². The first kappa shape index (κ1) is 13.0. The van der Waals surface area contributed by atoms with Gasteiger partial charge in [0, 0.05) is 11.1 Å². The summed E-state index contributed by atoms with van der Waals surface area (Å²) in [6.07, 6.45) is 1.02. The number of carbonyl (C=O) groups is 1. The number of anilines is 1. The SMILES string of the molecule is CCOC(=O)C1=CSCN1c1ccc(CC)cc1. The van der Waals surface area contributed by atoms with Gasteiger partial charge in [-0.1, -0.05) is 19.1 Å². The van der Waals surface area contributed by atoms with E-state index in [4.69, 9.17) is 4.74 Å². The largest absolute Gasteiger partial charge is 0.461 e. The normalized spacial score (nSPS) is 14.6. The highest BCUT2D eigenvalue weighted by Gasteiger charge is 2.24. The highest BCUT2D eigenvalue weighted by atomic mass is 32.2. The third-order valence-corrected chi connectivity index (χ3v) is 3.63. The maximum atomic E-state index is 11.8. The zero-order valence-electron chi connectivity index (χ0n) is 10.7. The van der Waals surface area contributed by atoms with Crippen LogP contribution >= 0.6 is 11.8 Å². The van der Waals surface area contributed by atoms with Crippen molar-refractivity contribution < 1.29 is 9.53 Å². The average molecular weight is 263 g/mol. The maximum absolute atomic E-state index is 11.8. The zero-order valence-corrected chi connectivity index (χ0v) is 11.5. The van der Waals surface area contributed by atoms with Crippen molar-refractivity contribution in [1.29, 1.82) is 0 Å². The minimum Gasteiger partial charge on any atom is -0.461 e. The van der Waals surface area contributed by atoms with Crippen molar-refractivity contribution in [2.24, 2.45) is 0 Å². The molecule has 0 amide bonds. The Hall–Kier alpha value is -1.42. The minimum atomic E-state index is -0.248. The molecule has 0 N–H and O–H groups in total. The van der Waals surface area contributed by atoms with Crippen molar-refractivity contribution >= 4 is 23.4 Å². The number of rotatable bonds is 4. The quantitative estimate of drug-likeness (QED) is 0.780. The van der Waals surface area contributed by atoms with Gasteiger partial charge in [-0.15, -0.1) is 11.8 Å². The summed E-state index contributed by atoms with van der Waals surface area (Å²) in [5, 5.41) is 1.87. The van der Waals surface area contributed by atoms with Gasteiger partial charge in [-0.3, -0.25) is 0 Å². The Morgan fingerprint density at radius 2 is 2.06 bits per heavy atom. The van der Waals surface area contributed by atoms with Gasteiger partial charge in [0.1, 0.15) is 5.70 Å². The summed E-state index contributed by atoms with van der Waals surface area (Å²) in [5.41, 5.74) is 2.97. The molecule has 96 valence electrons. The summed E-state index contributed by atoms with van der Waals surface area (Å²) in [6.45, 7) is 4.36. The van der Waals surface area contributed by atoms with Crippen LogP contribution in [0.15, 0.2) is 35.4 Å². The van der Waals surface area contributed by atoms with E-state index in [-0.39, 0.29) is 5.97 Å². The number of benzene rings is 1. The van der Waals surface area contributed by atoms with Crippen LogP contribution in [0.4, 0.5) is 5.69 Å². The third kappa shape index (κ3) is 2.70. The monoisotopic (exact) mass is 263 g/mol. The van der Waals surface area contributed by atoms with Gasteiger partial charge in [-0.2, -0.15) is 0 Å². The van der Waals surface area contributed by atoms with Gasteiger partial charge < -0.3 is 9.64 Å². The van der Waals surface area contributed by atoms with E-state index in [0.29, 0.717) is 12.3 Å². The molecule has 4 heteroatoms. The molecule has 1 aliphatic heterocycles. The predicted molar refractivity (Wildman–Crippen MR) is 75.5 cm³/mol. The van der Waals surface area contributed by atoms with Gasteiger partial charge in [-0.05, 0) is 31.0 Å². The Morgan fingerprint density at radius 1 is 1.33 bits per heavy atom. The molecule has 0 unspecified atom stereocenters. The smallest absolute Gasteiger partial charge is 0.355 e. The van der Waals surface area contributed by atoms with E-state index >= 15 is 0 Å². The van der Waals surface area contributed by atoms with E-state index in [2.05, 4.69) is 31.2 Å². The van der Waals surface area contributed by atoms with Gasteiger partial charge >= 0.3 is 5.97 Å². The number of nitrogens with zero attached hydrogens (tertiary/aromatic N) is 1. The molecule has 0 spiro atoms. The van der Waals surface area contributed by atoms with E-state index in [1.807, 2.05) is 17.2 Å². The molecule has 1 heterocycles. The topological polar surface area (TPSA) is 29.5 Å². The van der Waals surface area contributed by atoms with Crippen LogP contribution in [0.2, 0.25) is 0 Å². The number of carbonyl (C=O) groups excluding carboxylic acids is 1. The second-order valence-corrected chi connectivity index (χ2v) is 4.79. The molecule has 0 radical (unpaired) electrons. The molecule has 0 atom stereocenters. The fourth-order valence-electron chi connectivity index (χ4n) is 1.81. The van der Waals surface area contributed by atoms with Gasteiger partial charge in [0.2, 0.25) is 0 Å². The van der Waals surface area contributed by atoms with Gasteiger partial charge in [0.05, 0.1) is 12.5 Å². The van der Waals surface area contributed by atoms with Crippen molar-refractivity contribution in [2.75, 3.05) is 17.4 Å². The van der Waals surface area contributed by atoms with Crippen LogP contribution in [-0.2, 0) is 16.0 Å². The van der Waals surface area contributed by atoms with Crippen LogP contribution in [0, 0.1) is 0 Å². The summed E-state index contributed by atoms with van der Waals surface area (Å²) >= 11 is 1.61. The number of aryl methyl sites for hydroxylation is 1. The summed E-state index contributed by atoms with van der Waals surface area (Å²) in [5.74, 6) is 0.515. The van der Waals surface area contributed by atoms with Crippen molar-refractivity contribution in [3.8, 4) is 0 Å². The first-order valence-corrected chi connectivity index (χ1v) is 7.16. The van der Waals surface area contributed by atoms with Gasteiger partial charge in [0.15, 0.2) is 0 Å². The number of hydrogen-bond donors (Lipinski definition) is 0. The summed E-state index contributed by atoms with van der Waals surface area (Å²) < 4.78 is 5.06. The fraction of sp³-hybridized carbons (Fsp3) is 0.357. The molecule has 1 aliphatic rings. The summed E-state index contributed by atoms with van der Waals surface area (Å²) in [6, 6.07) is 8.30.